The van der Waals surface area contributed by atoms with Crippen LogP contribution in [0.25, 0.3) is 0 Å². The zero-order chi connectivity index (χ0) is 13.1. The lowest BCUT2D eigenvalue weighted by Crippen LogP contribution is -2.09. The molecule has 1 heterocycles. The molecule has 1 aliphatic rings. The SMILES string of the molecule is O=C1OCCCCOC(=O)c2c(O)ccc1c2O. The van der Waals surface area contributed by atoms with E-state index in [-0.39, 0.29) is 18.8 Å². The van der Waals surface area contributed by atoms with Crippen molar-refractivity contribution >= 4 is 11.9 Å². The van der Waals surface area contributed by atoms with Crippen molar-refractivity contribution in [3.8, 4) is 11.5 Å². The second kappa shape index (κ2) is 4.95. The van der Waals surface area contributed by atoms with Gasteiger partial charge in [-0.3, -0.25) is 0 Å². The van der Waals surface area contributed by atoms with Crippen LogP contribution in [0.15, 0.2) is 12.1 Å². The number of phenols is 2. The van der Waals surface area contributed by atoms with E-state index in [9.17, 15) is 19.8 Å². The van der Waals surface area contributed by atoms with Gasteiger partial charge in [-0.1, -0.05) is 0 Å². The molecule has 2 rings (SSSR count). The van der Waals surface area contributed by atoms with E-state index in [1.807, 2.05) is 0 Å². The molecule has 0 fully saturated rings. The maximum atomic E-state index is 11.7. The molecular formula is C12H12O6. The highest BCUT2D eigenvalue weighted by Crippen LogP contribution is 2.32. The van der Waals surface area contributed by atoms with Crippen LogP contribution in [0.5, 0.6) is 11.5 Å². The quantitative estimate of drug-likeness (QED) is 0.674. The number of cyclic esters (lactones) is 2. The monoisotopic (exact) mass is 252 g/mol. The molecule has 1 aromatic rings. The van der Waals surface area contributed by atoms with Gasteiger partial charge in [0.25, 0.3) is 0 Å². The Bertz CT molecular complexity index is 494. The van der Waals surface area contributed by atoms with Crippen LogP contribution in [0.2, 0.25) is 0 Å². The van der Waals surface area contributed by atoms with Crippen LogP contribution >= 0.6 is 0 Å². The predicted octanol–water partition coefficient (Wildman–Crippen LogP) is 1.21. The number of fused-ring (bicyclic) bond motifs is 2. The molecule has 0 amide bonds. The van der Waals surface area contributed by atoms with Crippen LogP contribution in [0.1, 0.15) is 33.6 Å². The number of esters is 2. The van der Waals surface area contributed by atoms with Crippen molar-refractivity contribution in [2.75, 3.05) is 13.2 Å². The maximum absolute atomic E-state index is 11.7. The number of phenolic OH excluding ortho intramolecular Hbond substituents is 2. The zero-order valence-electron chi connectivity index (χ0n) is 9.51. The maximum Gasteiger partial charge on any atom is 0.345 e. The van der Waals surface area contributed by atoms with E-state index in [0.717, 1.165) is 6.07 Å². The minimum atomic E-state index is -0.860. The fourth-order valence-corrected chi connectivity index (χ4v) is 1.63. The van der Waals surface area contributed by atoms with Crippen molar-refractivity contribution in [3.05, 3.63) is 23.3 Å². The summed E-state index contributed by atoms with van der Waals surface area (Å²) >= 11 is 0. The molecule has 1 aliphatic heterocycles. The fourth-order valence-electron chi connectivity index (χ4n) is 1.63. The van der Waals surface area contributed by atoms with Crippen LogP contribution in [0.4, 0.5) is 0 Å². The van der Waals surface area contributed by atoms with Crippen LogP contribution < -0.4 is 0 Å². The molecular weight excluding hydrogens is 240 g/mol. The predicted molar refractivity (Wildman–Crippen MR) is 59.6 cm³/mol. The van der Waals surface area contributed by atoms with Gasteiger partial charge in [-0.15, -0.1) is 0 Å². The van der Waals surface area contributed by atoms with Crippen molar-refractivity contribution in [1.82, 2.24) is 0 Å². The number of ether oxygens (including phenoxy) is 2. The highest BCUT2D eigenvalue weighted by Gasteiger charge is 2.25. The molecule has 0 spiro atoms. The first-order valence-electron chi connectivity index (χ1n) is 5.50. The number of carbonyl (C=O) groups excluding carboxylic acids is 2. The third-order valence-corrected chi connectivity index (χ3v) is 2.58. The van der Waals surface area contributed by atoms with Gasteiger partial charge in [0.05, 0.1) is 13.2 Å². The Morgan fingerprint density at radius 2 is 1.56 bits per heavy atom. The average Bonchev–Trinajstić information content (AvgIpc) is 2.33. The average molecular weight is 252 g/mol. The molecule has 96 valence electrons. The summed E-state index contributed by atoms with van der Waals surface area (Å²) in [6.45, 7) is 0.325. The van der Waals surface area contributed by atoms with Gasteiger partial charge in [0.15, 0.2) is 0 Å². The van der Waals surface area contributed by atoms with Gasteiger partial charge in [0.1, 0.15) is 22.6 Å². The van der Waals surface area contributed by atoms with Gasteiger partial charge in [-0.05, 0) is 25.0 Å². The molecule has 1 aromatic carbocycles. The van der Waals surface area contributed by atoms with Crippen molar-refractivity contribution in [2.24, 2.45) is 0 Å². The Hall–Kier alpha value is -2.24. The molecule has 6 heteroatoms. The summed E-state index contributed by atoms with van der Waals surface area (Å²) in [5, 5.41) is 19.4. The van der Waals surface area contributed by atoms with Crippen LogP contribution in [-0.2, 0) is 9.47 Å². The Balaban J connectivity index is 2.50. The topological polar surface area (TPSA) is 93.1 Å². The molecule has 0 unspecified atom stereocenters. The van der Waals surface area contributed by atoms with Gasteiger partial charge < -0.3 is 19.7 Å². The Morgan fingerprint density at radius 3 is 2.22 bits per heavy atom. The molecule has 0 saturated heterocycles. The first-order chi connectivity index (χ1) is 8.61. The standard InChI is InChI=1S/C12H12O6/c13-8-4-3-7-10(14)9(8)12(16)18-6-2-1-5-17-11(7)15/h3-4,13-14H,1-2,5-6H2. The normalized spacial score (nSPS) is 16.4. The Morgan fingerprint density at radius 1 is 0.944 bits per heavy atom. The number of benzene rings is 1. The summed E-state index contributed by atoms with van der Waals surface area (Å²) in [6.07, 6.45) is 1.10. The third-order valence-electron chi connectivity index (χ3n) is 2.58. The number of hydrogen-bond donors (Lipinski definition) is 2. The summed E-state index contributed by atoms with van der Waals surface area (Å²) in [4.78, 5) is 23.3. The minimum Gasteiger partial charge on any atom is -0.507 e. The van der Waals surface area contributed by atoms with Crippen LogP contribution in [-0.4, -0.2) is 35.4 Å². The summed E-state index contributed by atoms with van der Waals surface area (Å²) in [5.41, 5.74) is -0.576. The Kier molecular flexibility index (Phi) is 3.36. The van der Waals surface area contributed by atoms with Crippen LogP contribution in [0.3, 0.4) is 0 Å². The van der Waals surface area contributed by atoms with Gasteiger partial charge >= 0.3 is 11.9 Å². The summed E-state index contributed by atoms with van der Waals surface area (Å²) in [7, 11) is 0. The Labute approximate surface area is 103 Å². The summed E-state index contributed by atoms with van der Waals surface area (Å²) in [5.74, 6) is -2.65. The van der Waals surface area contributed by atoms with Crippen molar-refractivity contribution in [1.29, 1.82) is 0 Å². The molecule has 0 saturated carbocycles. The second-order valence-corrected chi connectivity index (χ2v) is 3.83. The fraction of sp³-hybridized carbons (Fsp3) is 0.333. The highest BCUT2D eigenvalue weighted by atomic mass is 16.5. The van der Waals surface area contributed by atoms with Gasteiger partial charge in [0.2, 0.25) is 0 Å². The highest BCUT2D eigenvalue weighted by molar-refractivity contribution is 6.01. The summed E-state index contributed by atoms with van der Waals surface area (Å²) in [6, 6.07) is 2.34. The third kappa shape index (κ3) is 2.22. The van der Waals surface area contributed by atoms with Gasteiger partial charge in [-0.25, -0.2) is 9.59 Å². The lowest BCUT2D eigenvalue weighted by molar-refractivity contribution is 0.0442. The second-order valence-electron chi connectivity index (χ2n) is 3.83. The van der Waals surface area contributed by atoms with E-state index < -0.39 is 29.0 Å². The molecule has 0 aromatic heterocycles. The van der Waals surface area contributed by atoms with Gasteiger partial charge in [0, 0.05) is 0 Å². The van der Waals surface area contributed by atoms with E-state index in [0.29, 0.717) is 12.8 Å². The minimum absolute atomic E-state index is 0.138. The lowest BCUT2D eigenvalue weighted by Gasteiger charge is -2.09. The first kappa shape index (κ1) is 12.2. The van der Waals surface area contributed by atoms with Crippen LogP contribution in [0, 0.1) is 0 Å². The molecule has 0 aliphatic carbocycles. The van der Waals surface area contributed by atoms with Crippen molar-refractivity contribution < 1.29 is 29.3 Å². The molecule has 18 heavy (non-hydrogen) atoms. The van der Waals surface area contributed by atoms with E-state index in [2.05, 4.69) is 0 Å². The molecule has 2 N–H and O–H groups in total. The summed E-state index contributed by atoms with van der Waals surface area (Å²) < 4.78 is 9.81. The first-order valence-corrected chi connectivity index (χ1v) is 5.50. The zero-order valence-corrected chi connectivity index (χ0v) is 9.51. The molecule has 2 bridgehead atoms. The molecule has 0 radical (unpaired) electrons. The smallest absolute Gasteiger partial charge is 0.345 e. The number of aromatic hydroxyl groups is 2. The number of hydrogen-bond acceptors (Lipinski definition) is 6. The van der Waals surface area contributed by atoms with E-state index in [1.54, 1.807) is 0 Å². The lowest BCUT2D eigenvalue weighted by atomic mass is 10.1. The van der Waals surface area contributed by atoms with E-state index >= 15 is 0 Å². The number of carbonyl (C=O) groups is 2. The van der Waals surface area contributed by atoms with E-state index in [4.69, 9.17) is 9.47 Å². The van der Waals surface area contributed by atoms with E-state index in [1.165, 1.54) is 6.07 Å². The molecule has 6 nitrogen and oxygen atoms in total. The van der Waals surface area contributed by atoms with Crippen molar-refractivity contribution in [3.63, 3.8) is 0 Å². The molecule has 0 atom stereocenters. The largest absolute Gasteiger partial charge is 0.507 e. The van der Waals surface area contributed by atoms with Crippen molar-refractivity contribution in [2.45, 2.75) is 12.8 Å². The van der Waals surface area contributed by atoms with Gasteiger partial charge in [-0.2, -0.15) is 0 Å². The number of rotatable bonds is 0.